The average Bonchev–Trinajstić information content (AvgIpc) is 2.89. The van der Waals surface area contributed by atoms with Gasteiger partial charge in [-0.2, -0.15) is 5.10 Å². The van der Waals surface area contributed by atoms with Crippen LogP contribution in [0.3, 0.4) is 0 Å². The van der Waals surface area contributed by atoms with Gasteiger partial charge in [0.2, 0.25) is 0 Å². The predicted octanol–water partition coefficient (Wildman–Crippen LogP) is 0.263. The first kappa shape index (κ1) is 16.2. The molecule has 0 atom stereocenters. The Morgan fingerprint density at radius 1 is 1.14 bits per heavy atom. The first-order valence-electron chi connectivity index (χ1n) is 7.45. The van der Waals surface area contributed by atoms with Crippen LogP contribution in [0.4, 0.5) is 11.4 Å². The Kier molecular flexibility index (Phi) is 5.32. The summed E-state index contributed by atoms with van der Waals surface area (Å²) in [6.45, 7) is 4.79. The number of rotatable bonds is 9. The summed E-state index contributed by atoms with van der Waals surface area (Å²) in [6, 6.07) is 1.93. The molecule has 0 saturated heterocycles. The fourth-order valence-electron chi connectivity index (χ4n) is 2.26. The monoisotopic (exact) mass is 305 g/mol. The fraction of sp³-hybridized carbons (Fsp3) is 0.533. The number of hydrogen-bond acceptors (Lipinski definition) is 6. The zero-order valence-electron chi connectivity index (χ0n) is 13.3. The van der Waals surface area contributed by atoms with Gasteiger partial charge in [-0.25, -0.2) is 0 Å². The topological polar surface area (TPSA) is 79.3 Å². The molecule has 0 radical (unpaired) electrons. The standard InChI is InChI=1S/C15H23N5O2/c1-11-5-7-18-20(11)10-8-17-13-12(14(21)15(13)22)16-6-4-9-19(2)3/h5,7,16-17H,4,6,8-10H2,1-3H3. The molecule has 120 valence electrons. The summed E-state index contributed by atoms with van der Waals surface area (Å²) in [5.74, 6) is 0. The quantitative estimate of drug-likeness (QED) is 0.511. The molecule has 0 aliphatic heterocycles. The highest BCUT2D eigenvalue weighted by Gasteiger charge is 2.19. The van der Waals surface area contributed by atoms with Crippen molar-refractivity contribution in [1.29, 1.82) is 0 Å². The fourth-order valence-corrected chi connectivity index (χ4v) is 2.26. The van der Waals surface area contributed by atoms with E-state index in [4.69, 9.17) is 0 Å². The van der Waals surface area contributed by atoms with Crippen molar-refractivity contribution in [3.8, 4) is 0 Å². The normalized spacial score (nSPS) is 11.3. The molecule has 0 aliphatic carbocycles. The van der Waals surface area contributed by atoms with Crippen molar-refractivity contribution in [2.45, 2.75) is 19.9 Å². The lowest BCUT2D eigenvalue weighted by molar-refractivity contribution is 0.405. The highest BCUT2D eigenvalue weighted by atomic mass is 16.2. The van der Waals surface area contributed by atoms with Gasteiger partial charge in [0.15, 0.2) is 0 Å². The van der Waals surface area contributed by atoms with E-state index in [2.05, 4.69) is 20.6 Å². The van der Waals surface area contributed by atoms with Crippen LogP contribution >= 0.6 is 0 Å². The Hall–Kier alpha value is -2.15. The zero-order chi connectivity index (χ0) is 16.1. The maximum Gasteiger partial charge on any atom is 0.253 e. The van der Waals surface area contributed by atoms with Gasteiger partial charge >= 0.3 is 0 Å². The van der Waals surface area contributed by atoms with Gasteiger partial charge in [-0.15, -0.1) is 0 Å². The lowest BCUT2D eigenvalue weighted by Crippen LogP contribution is -2.38. The Labute approximate surface area is 129 Å². The molecule has 0 amide bonds. The van der Waals surface area contributed by atoms with E-state index in [0.717, 1.165) is 18.7 Å². The minimum atomic E-state index is -0.438. The van der Waals surface area contributed by atoms with Gasteiger partial charge in [0, 0.05) is 25.0 Å². The van der Waals surface area contributed by atoms with E-state index in [1.165, 1.54) is 0 Å². The van der Waals surface area contributed by atoms with Crippen molar-refractivity contribution in [2.24, 2.45) is 0 Å². The number of nitrogens with one attached hydrogen (secondary N) is 2. The van der Waals surface area contributed by atoms with Gasteiger partial charge in [0.1, 0.15) is 11.4 Å². The summed E-state index contributed by atoms with van der Waals surface area (Å²) in [5.41, 5.74) is 1.02. The maximum atomic E-state index is 11.6. The predicted molar refractivity (Wildman–Crippen MR) is 88.5 cm³/mol. The molecule has 1 aromatic heterocycles. The summed E-state index contributed by atoms with van der Waals surface area (Å²) in [4.78, 5) is 25.3. The molecule has 22 heavy (non-hydrogen) atoms. The largest absolute Gasteiger partial charge is 0.380 e. The van der Waals surface area contributed by atoms with Crippen molar-refractivity contribution >= 4 is 11.4 Å². The van der Waals surface area contributed by atoms with Crippen LogP contribution in [0.2, 0.25) is 0 Å². The number of hydrogen-bond donors (Lipinski definition) is 2. The third-order valence-electron chi connectivity index (χ3n) is 3.55. The second kappa shape index (κ2) is 7.22. The second-order valence-electron chi connectivity index (χ2n) is 5.61. The minimum absolute atomic E-state index is 0.402. The molecule has 0 spiro atoms. The molecule has 2 aromatic rings. The lowest BCUT2D eigenvalue weighted by atomic mass is 10.2. The Morgan fingerprint density at radius 2 is 1.77 bits per heavy atom. The van der Waals surface area contributed by atoms with Crippen molar-refractivity contribution < 1.29 is 0 Å². The summed E-state index contributed by atoms with van der Waals surface area (Å²) < 4.78 is 1.85. The second-order valence-corrected chi connectivity index (χ2v) is 5.61. The number of aromatic nitrogens is 2. The first-order valence-corrected chi connectivity index (χ1v) is 7.45. The molecular weight excluding hydrogens is 282 g/mol. The number of anilines is 2. The van der Waals surface area contributed by atoms with Crippen LogP contribution in [-0.2, 0) is 6.54 Å². The van der Waals surface area contributed by atoms with E-state index in [1.54, 1.807) is 6.20 Å². The maximum absolute atomic E-state index is 11.6. The van der Waals surface area contributed by atoms with Crippen LogP contribution < -0.4 is 21.5 Å². The SMILES string of the molecule is Cc1ccnn1CCNc1c(NCCCN(C)C)c(=O)c1=O. The molecule has 7 heteroatoms. The van der Waals surface area contributed by atoms with Crippen molar-refractivity contribution in [3.05, 3.63) is 38.4 Å². The first-order chi connectivity index (χ1) is 10.5. The van der Waals surface area contributed by atoms with Crippen molar-refractivity contribution in [2.75, 3.05) is 44.4 Å². The molecule has 0 fully saturated rings. The van der Waals surface area contributed by atoms with Crippen LogP contribution in [0.1, 0.15) is 12.1 Å². The van der Waals surface area contributed by atoms with Crippen LogP contribution in [0.25, 0.3) is 0 Å². The molecule has 0 saturated carbocycles. The summed E-state index contributed by atoms with van der Waals surface area (Å²) in [5, 5.41) is 10.3. The summed E-state index contributed by atoms with van der Waals surface area (Å²) in [7, 11) is 4.00. The van der Waals surface area contributed by atoms with Gasteiger partial charge < -0.3 is 15.5 Å². The van der Waals surface area contributed by atoms with Gasteiger partial charge in [-0.1, -0.05) is 0 Å². The van der Waals surface area contributed by atoms with Crippen LogP contribution in [0, 0.1) is 6.92 Å². The smallest absolute Gasteiger partial charge is 0.253 e. The van der Waals surface area contributed by atoms with E-state index >= 15 is 0 Å². The molecule has 1 aromatic carbocycles. The van der Waals surface area contributed by atoms with Crippen LogP contribution in [0.15, 0.2) is 21.9 Å². The molecule has 2 rings (SSSR count). The zero-order valence-corrected chi connectivity index (χ0v) is 13.3. The molecule has 2 N–H and O–H groups in total. The van der Waals surface area contributed by atoms with E-state index in [9.17, 15) is 9.59 Å². The highest BCUT2D eigenvalue weighted by Crippen LogP contribution is 2.13. The third kappa shape index (κ3) is 3.73. The Morgan fingerprint density at radius 3 is 2.32 bits per heavy atom. The summed E-state index contributed by atoms with van der Waals surface area (Å²) in [6.07, 6.45) is 2.65. The molecule has 1 heterocycles. The highest BCUT2D eigenvalue weighted by molar-refractivity contribution is 5.73. The van der Waals surface area contributed by atoms with Gasteiger partial charge in [-0.3, -0.25) is 14.3 Å². The Bertz CT molecular complexity index is 682. The molecule has 0 unspecified atom stereocenters. The van der Waals surface area contributed by atoms with Gasteiger partial charge in [0.05, 0.1) is 6.54 Å². The van der Waals surface area contributed by atoms with E-state index in [0.29, 0.717) is 31.0 Å². The van der Waals surface area contributed by atoms with E-state index in [1.807, 2.05) is 31.8 Å². The van der Waals surface area contributed by atoms with E-state index in [-0.39, 0.29) is 0 Å². The average molecular weight is 305 g/mol. The summed E-state index contributed by atoms with van der Waals surface area (Å²) >= 11 is 0. The molecule has 0 aliphatic rings. The van der Waals surface area contributed by atoms with Crippen molar-refractivity contribution in [1.82, 2.24) is 14.7 Å². The molecular formula is C15H23N5O2. The van der Waals surface area contributed by atoms with Crippen LogP contribution in [0.5, 0.6) is 0 Å². The van der Waals surface area contributed by atoms with Crippen molar-refractivity contribution in [3.63, 3.8) is 0 Å². The molecule has 7 nitrogen and oxygen atoms in total. The number of nitrogens with zero attached hydrogens (tertiary/aromatic N) is 3. The van der Waals surface area contributed by atoms with Gasteiger partial charge in [-0.05, 0) is 40.1 Å². The minimum Gasteiger partial charge on any atom is -0.380 e. The lowest BCUT2D eigenvalue weighted by Gasteiger charge is -2.16. The Balaban J connectivity index is 1.84. The number of aryl methyl sites for hydroxylation is 1. The third-order valence-corrected chi connectivity index (χ3v) is 3.55. The molecule has 0 bridgehead atoms. The van der Waals surface area contributed by atoms with Crippen LogP contribution in [-0.4, -0.2) is 48.4 Å². The van der Waals surface area contributed by atoms with Gasteiger partial charge in [0.25, 0.3) is 10.9 Å². The van der Waals surface area contributed by atoms with E-state index < -0.39 is 10.9 Å².